The van der Waals surface area contributed by atoms with Gasteiger partial charge in [0.1, 0.15) is 16.5 Å². The van der Waals surface area contributed by atoms with Gasteiger partial charge in [-0.2, -0.15) is 0 Å². The van der Waals surface area contributed by atoms with Crippen molar-refractivity contribution in [2.24, 2.45) is 0 Å². The molecule has 1 fully saturated rings. The molecule has 0 radical (unpaired) electrons. The number of hydrogen-bond acceptors (Lipinski definition) is 5. The van der Waals surface area contributed by atoms with Gasteiger partial charge in [0, 0.05) is 30.1 Å². The number of nitrogens with zero attached hydrogens (tertiary/aromatic N) is 2. The molecule has 2 heterocycles. The average Bonchev–Trinajstić information content (AvgIpc) is 3.17. The Kier molecular flexibility index (Phi) is 5.63. The first-order valence-corrected chi connectivity index (χ1v) is 12.1. The Bertz CT molecular complexity index is 1160. The molecule has 2 aromatic carbocycles. The minimum atomic E-state index is -3.85. The predicted molar refractivity (Wildman–Crippen MR) is 116 cm³/mol. The zero-order valence-electron chi connectivity index (χ0n) is 16.7. The standard InChI is InChI=1S/C22H22F2N2O2S2/c1-14-9-15(2)11-16(10-14)20-13-29-22(25-20)26-7-5-18(6-8-26)30(27,28)21-4-3-17(23)12-19(21)24/h3-4,9-13,18H,5-8H2,1-2H3. The number of halogens is 2. The van der Waals surface area contributed by atoms with E-state index in [1.54, 1.807) is 0 Å². The first kappa shape index (κ1) is 20.9. The van der Waals surface area contributed by atoms with Gasteiger partial charge in [0.2, 0.25) is 0 Å². The zero-order valence-corrected chi connectivity index (χ0v) is 18.4. The van der Waals surface area contributed by atoms with Gasteiger partial charge < -0.3 is 4.90 Å². The Morgan fingerprint density at radius 3 is 2.33 bits per heavy atom. The Morgan fingerprint density at radius 2 is 1.70 bits per heavy atom. The van der Waals surface area contributed by atoms with Crippen LogP contribution in [0.1, 0.15) is 24.0 Å². The van der Waals surface area contributed by atoms with E-state index in [1.165, 1.54) is 22.5 Å². The van der Waals surface area contributed by atoms with E-state index in [4.69, 9.17) is 4.98 Å². The summed E-state index contributed by atoms with van der Waals surface area (Å²) in [7, 11) is -3.85. The van der Waals surface area contributed by atoms with Gasteiger partial charge in [0.05, 0.1) is 10.9 Å². The molecule has 1 aromatic heterocycles. The fourth-order valence-corrected chi connectivity index (χ4v) is 6.58. The maximum Gasteiger partial charge on any atom is 0.185 e. The van der Waals surface area contributed by atoms with Crippen LogP contribution in [0.2, 0.25) is 0 Å². The second-order valence-electron chi connectivity index (χ2n) is 7.70. The van der Waals surface area contributed by atoms with Crippen molar-refractivity contribution < 1.29 is 17.2 Å². The van der Waals surface area contributed by atoms with Crippen LogP contribution in [0, 0.1) is 25.5 Å². The highest BCUT2D eigenvalue weighted by atomic mass is 32.2. The topological polar surface area (TPSA) is 50.3 Å². The molecule has 158 valence electrons. The van der Waals surface area contributed by atoms with E-state index in [9.17, 15) is 17.2 Å². The lowest BCUT2D eigenvalue weighted by Crippen LogP contribution is -2.39. The second kappa shape index (κ2) is 8.07. The minimum absolute atomic E-state index is 0.373. The molecule has 4 rings (SSSR count). The van der Waals surface area contributed by atoms with Crippen molar-refractivity contribution in [2.75, 3.05) is 18.0 Å². The normalized spacial score (nSPS) is 15.5. The van der Waals surface area contributed by atoms with E-state index >= 15 is 0 Å². The van der Waals surface area contributed by atoms with Crippen molar-refractivity contribution in [3.63, 3.8) is 0 Å². The Hall–Kier alpha value is -2.32. The van der Waals surface area contributed by atoms with Gasteiger partial charge in [-0.25, -0.2) is 22.2 Å². The third kappa shape index (κ3) is 4.11. The molecule has 1 aliphatic heterocycles. The molecular formula is C22H22F2N2O2S2. The molecule has 0 atom stereocenters. The van der Waals surface area contributed by atoms with Crippen LogP contribution in [0.25, 0.3) is 11.3 Å². The number of hydrogen-bond donors (Lipinski definition) is 0. The number of piperidine rings is 1. The van der Waals surface area contributed by atoms with Gasteiger partial charge in [-0.1, -0.05) is 17.2 Å². The number of benzene rings is 2. The maximum absolute atomic E-state index is 14.0. The highest BCUT2D eigenvalue weighted by Gasteiger charge is 2.34. The minimum Gasteiger partial charge on any atom is -0.348 e. The number of aryl methyl sites for hydroxylation is 2. The molecule has 4 nitrogen and oxygen atoms in total. The van der Waals surface area contributed by atoms with Crippen LogP contribution in [0.4, 0.5) is 13.9 Å². The molecule has 0 amide bonds. The lowest BCUT2D eigenvalue weighted by molar-refractivity contribution is 0.516. The van der Waals surface area contributed by atoms with Crippen LogP contribution in [0.5, 0.6) is 0 Å². The second-order valence-corrected chi connectivity index (χ2v) is 10.7. The van der Waals surface area contributed by atoms with E-state index in [2.05, 4.69) is 36.9 Å². The third-order valence-electron chi connectivity index (χ3n) is 5.36. The first-order valence-electron chi connectivity index (χ1n) is 9.72. The summed E-state index contributed by atoms with van der Waals surface area (Å²) in [6.45, 7) is 5.15. The monoisotopic (exact) mass is 448 g/mol. The number of aromatic nitrogens is 1. The van der Waals surface area contributed by atoms with Crippen LogP contribution in [-0.4, -0.2) is 31.7 Å². The molecule has 1 aliphatic rings. The summed E-state index contributed by atoms with van der Waals surface area (Å²) >= 11 is 1.54. The largest absolute Gasteiger partial charge is 0.348 e. The lowest BCUT2D eigenvalue weighted by Gasteiger charge is -2.31. The number of thiazole rings is 1. The highest BCUT2D eigenvalue weighted by molar-refractivity contribution is 7.92. The zero-order chi connectivity index (χ0) is 21.5. The Balaban J connectivity index is 1.48. The fraction of sp³-hybridized carbons (Fsp3) is 0.318. The van der Waals surface area contributed by atoms with Gasteiger partial charge in [-0.15, -0.1) is 11.3 Å². The van der Waals surface area contributed by atoms with Crippen LogP contribution < -0.4 is 4.90 Å². The van der Waals surface area contributed by atoms with Crippen molar-refractivity contribution in [1.29, 1.82) is 0 Å². The van der Waals surface area contributed by atoms with E-state index in [0.717, 1.165) is 28.5 Å². The average molecular weight is 449 g/mol. The number of anilines is 1. The Morgan fingerprint density at radius 1 is 1.03 bits per heavy atom. The third-order valence-corrected chi connectivity index (χ3v) is 8.56. The molecule has 8 heteroatoms. The van der Waals surface area contributed by atoms with E-state index < -0.39 is 31.6 Å². The number of sulfone groups is 1. The van der Waals surface area contributed by atoms with Crippen molar-refractivity contribution in [2.45, 2.75) is 36.8 Å². The van der Waals surface area contributed by atoms with Gasteiger partial charge in [0.15, 0.2) is 15.0 Å². The number of rotatable bonds is 4. The molecule has 0 bridgehead atoms. The lowest BCUT2D eigenvalue weighted by atomic mass is 10.1. The molecule has 30 heavy (non-hydrogen) atoms. The van der Waals surface area contributed by atoms with E-state index in [-0.39, 0.29) is 0 Å². The molecule has 3 aromatic rings. The van der Waals surface area contributed by atoms with Gasteiger partial charge in [-0.05, 0) is 51.0 Å². The maximum atomic E-state index is 14.0. The molecule has 0 saturated carbocycles. The first-order chi connectivity index (χ1) is 14.2. The fourth-order valence-electron chi connectivity index (χ4n) is 3.91. The summed E-state index contributed by atoms with van der Waals surface area (Å²) in [5.41, 5.74) is 4.33. The van der Waals surface area contributed by atoms with Crippen LogP contribution in [0.3, 0.4) is 0 Å². The summed E-state index contributed by atoms with van der Waals surface area (Å²) < 4.78 is 52.8. The molecule has 0 spiro atoms. The summed E-state index contributed by atoms with van der Waals surface area (Å²) in [4.78, 5) is 6.40. The van der Waals surface area contributed by atoms with Crippen molar-refractivity contribution in [1.82, 2.24) is 4.98 Å². The van der Waals surface area contributed by atoms with Crippen molar-refractivity contribution in [3.05, 3.63) is 64.5 Å². The summed E-state index contributed by atoms with van der Waals surface area (Å²) in [5, 5.41) is 2.18. The summed E-state index contributed by atoms with van der Waals surface area (Å²) in [6, 6.07) is 8.93. The Labute approximate surface area is 179 Å². The molecular weight excluding hydrogens is 426 g/mol. The summed E-state index contributed by atoms with van der Waals surface area (Å²) in [5.74, 6) is -1.82. The van der Waals surface area contributed by atoms with Gasteiger partial charge in [-0.3, -0.25) is 0 Å². The molecule has 1 saturated heterocycles. The van der Waals surface area contributed by atoms with Crippen LogP contribution >= 0.6 is 11.3 Å². The smallest absolute Gasteiger partial charge is 0.185 e. The molecule has 0 unspecified atom stereocenters. The van der Waals surface area contributed by atoms with E-state index in [1.807, 2.05) is 5.38 Å². The van der Waals surface area contributed by atoms with Crippen molar-refractivity contribution >= 4 is 26.3 Å². The quantitative estimate of drug-likeness (QED) is 0.518. The predicted octanol–water partition coefficient (Wildman–Crippen LogP) is 5.15. The molecule has 0 N–H and O–H groups in total. The molecule has 0 aliphatic carbocycles. The van der Waals surface area contributed by atoms with Gasteiger partial charge in [0.25, 0.3) is 0 Å². The van der Waals surface area contributed by atoms with Crippen molar-refractivity contribution in [3.8, 4) is 11.3 Å². The summed E-state index contributed by atoms with van der Waals surface area (Å²) in [6.07, 6.45) is 0.745. The van der Waals surface area contributed by atoms with Crippen LogP contribution in [-0.2, 0) is 9.84 Å². The SMILES string of the molecule is Cc1cc(C)cc(-c2csc(N3CCC(S(=O)(=O)c4ccc(F)cc4F)CC3)n2)c1. The highest BCUT2D eigenvalue weighted by Crippen LogP contribution is 2.32. The van der Waals surface area contributed by atoms with Crippen LogP contribution in [0.15, 0.2) is 46.7 Å². The van der Waals surface area contributed by atoms with Gasteiger partial charge >= 0.3 is 0 Å². The van der Waals surface area contributed by atoms with E-state index in [0.29, 0.717) is 32.0 Å².